The first-order valence-corrected chi connectivity index (χ1v) is 7.19. The summed E-state index contributed by atoms with van der Waals surface area (Å²) in [5.41, 5.74) is 0.828. The van der Waals surface area contributed by atoms with E-state index >= 15 is 0 Å². The highest BCUT2D eigenvalue weighted by molar-refractivity contribution is 9.10. The van der Waals surface area contributed by atoms with Crippen molar-refractivity contribution in [1.29, 1.82) is 0 Å². The van der Waals surface area contributed by atoms with Crippen molar-refractivity contribution in [3.05, 3.63) is 35.5 Å². The smallest absolute Gasteiger partial charge is 0.243 e. The summed E-state index contributed by atoms with van der Waals surface area (Å²) in [5, 5.41) is 7.53. The molecule has 0 radical (unpaired) electrons. The maximum atomic E-state index is 4.39. The molecule has 0 aromatic carbocycles. The third-order valence-corrected chi connectivity index (χ3v) is 3.66. The molecule has 2 aromatic heterocycles. The van der Waals surface area contributed by atoms with Crippen LogP contribution in [0, 0.1) is 0 Å². The van der Waals surface area contributed by atoms with Gasteiger partial charge in [-0.25, -0.2) is 4.52 Å². The lowest BCUT2D eigenvalue weighted by molar-refractivity contribution is 0.953. The molecule has 0 aliphatic heterocycles. The molecule has 2 rings (SSSR count). The summed E-state index contributed by atoms with van der Waals surface area (Å²) >= 11 is 5.28. The van der Waals surface area contributed by atoms with Crippen molar-refractivity contribution in [2.45, 2.75) is 0 Å². The van der Waals surface area contributed by atoms with E-state index < -0.39 is 0 Å². The van der Waals surface area contributed by atoms with E-state index in [2.05, 4.69) is 37.9 Å². The molecule has 0 bridgehead atoms. The van der Waals surface area contributed by atoms with Gasteiger partial charge in [-0.05, 0) is 28.1 Å². The van der Waals surface area contributed by atoms with Crippen LogP contribution in [-0.2, 0) is 0 Å². The van der Waals surface area contributed by atoms with Crippen LogP contribution in [0.3, 0.4) is 0 Å². The van der Waals surface area contributed by atoms with Gasteiger partial charge in [0.15, 0.2) is 5.65 Å². The largest absolute Gasteiger partial charge is 0.352 e. The highest BCUT2D eigenvalue weighted by atomic mass is 79.9. The number of pyridine rings is 1. The van der Waals surface area contributed by atoms with Crippen molar-refractivity contribution in [3.8, 4) is 0 Å². The molecule has 0 aliphatic carbocycles. The van der Waals surface area contributed by atoms with Gasteiger partial charge >= 0.3 is 0 Å². The zero-order valence-corrected chi connectivity index (χ0v) is 11.7. The van der Waals surface area contributed by atoms with Crippen LogP contribution in [0.1, 0.15) is 0 Å². The number of nitrogens with one attached hydrogen (secondary N) is 1. The first-order chi connectivity index (χ1) is 8.31. The Bertz CT molecular complexity index is 511. The summed E-state index contributed by atoms with van der Waals surface area (Å²) in [6.45, 7) is 4.53. The van der Waals surface area contributed by atoms with Crippen LogP contribution in [-0.4, -0.2) is 32.6 Å². The molecule has 0 fully saturated rings. The fourth-order valence-corrected chi connectivity index (χ4v) is 2.35. The summed E-state index contributed by atoms with van der Waals surface area (Å²) < 4.78 is 2.70. The molecular formula is C11H13BrN4S. The molecule has 0 aliphatic rings. The number of anilines is 1. The molecule has 17 heavy (non-hydrogen) atoms. The Morgan fingerprint density at radius 3 is 3.24 bits per heavy atom. The average molecular weight is 313 g/mol. The van der Waals surface area contributed by atoms with Crippen LogP contribution in [0.2, 0.25) is 0 Å². The van der Waals surface area contributed by atoms with E-state index in [4.69, 9.17) is 0 Å². The van der Waals surface area contributed by atoms with Gasteiger partial charge in [-0.1, -0.05) is 6.08 Å². The number of aromatic nitrogens is 3. The van der Waals surface area contributed by atoms with Crippen molar-refractivity contribution in [2.75, 3.05) is 23.4 Å². The van der Waals surface area contributed by atoms with Gasteiger partial charge in [0.05, 0.1) is 4.47 Å². The van der Waals surface area contributed by atoms with Crippen LogP contribution >= 0.6 is 27.7 Å². The number of hydrogen-bond acceptors (Lipinski definition) is 4. The van der Waals surface area contributed by atoms with E-state index in [1.165, 1.54) is 0 Å². The molecule has 0 spiro atoms. The Morgan fingerprint density at radius 2 is 2.47 bits per heavy atom. The Morgan fingerprint density at radius 1 is 1.59 bits per heavy atom. The molecule has 0 atom stereocenters. The zero-order chi connectivity index (χ0) is 12.1. The second-order valence-corrected chi connectivity index (χ2v) is 5.35. The van der Waals surface area contributed by atoms with E-state index in [1.54, 1.807) is 4.52 Å². The maximum Gasteiger partial charge on any atom is 0.243 e. The summed E-state index contributed by atoms with van der Waals surface area (Å²) in [6.07, 6.45) is 3.79. The third-order valence-electron chi connectivity index (χ3n) is 2.08. The quantitative estimate of drug-likeness (QED) is 0.658. The number of fused-ring (bicyclic) bond motifs is 1. The summed E-state index contributed by atoms with van der Waals surface area (Å²) in [5.74, 6) is 2.66. The van der Waals surface area contributed by atoms with Crippen molar-refractivity contribution in [2.24, 2.45) is 0 Å². The van der Waals surface area contributed by atoms with Gasteiger partial charge < -0.3 is 5.32 Å². The highest BCUT2D eigenvalue weighted by Gasteiger charge is 2.04. The SMILES string of the molecule is C=CCSCCNc1nc2c(Br)cccn2n1. The Labute approximate surface area is 113 Å². The van der Waals surface area contributed by atoms with Gasteiger partial charge in [-0.2, -0.15) is 16.7 Å². The second-order valence-electron chi connectivity index (χ2n) is 3.35. The third kappa shape index (κ3) is 3.23. The Kier molecular flexibility index (Phi) is 4.44. The van der Waals surface area contributed by atoms with Gasteiger partial charge in [0, 0.05) is 24.2 Å². The molecular weight excluding hydrogens is 300 g/mol. The lowest BCUT2D eigenvalue weighted by atomic mass is 10.5. The first kappa shape index (κ1) is 12.4. The van der Waals surface area contributed by atoms with E-state index in [0.29, 0.717) is 5.95 Å². The lowest BCUT2D eigenvalue weighted by Gasteiger charge is -1.99. The predicted octanol–water partition coefficient (Wildman–Crippen LogP) is 2.82. The van der Waals surface area contributed by atoms with E-state index in [1.807, 2.05) is 36.2 Å². The minimum Gasteiger partial charge on any atom is -0.352 e. The van der Waals surface area contributed by atoms with Crippen LogP contribution in [0.5, 0.6) is 0 Å². The fraction of sp³-hybridized carbons (Fsp3) is 0.273. The standard InChI is InChI=1S/C11H13BrN4S/c1-2-7-17-8-5-13-11-14-10-9(12)4-3-6-16(10)15-11/h2-4,6H,1,5,7-8H2,(H,13,15). The van der Waals surface area contributed by atoms with E-state index in [-0.39, 0.29) is 0 Å². The molecule has 4 nitrogen and oxygen atoms in total. The van der Waals surface area contributed by atoms with Crippen LogP contribution in [0.25, 0.3) is 5.65 Å². The minimum atomic E-state index is 0.663. The molecule has 2 heterocycles. The Balaban J connectivity index is 1.95. The number of thioether (sulfide) groups is 1. The minimum absolute atomic E-state index is 0.663. The summed E-state index contributed by atoms with van der Waals surface area (Å²) in [7, 11) is 0. The molecule has 2 aromatic rings. The van der Waals surface area contributed by atoms with Gasteiger partial charge in [0.1, 0.15) is 0 Å². The second kappa shape index (κ2) is 6.07. The molecule has 6 heteroatoms. The van der Waals surface area contributed by atoms with Gasteiger partial charge in [-0.3, -0.25) is 0 Å². The predicted molar refractivity (Wildman–Crippen MR) is 76.7 cm³/mol. The Hall–Kier alpha value is -1.01. The van der Waals surface area contributed by atoms with Gasteiger partial charge in [-0.15, -0.1) is 11.7 Å². The van der Waals surface area contributed by atoms with Crippen molar-refractivity contribution < 1.29 is 0 Å². The molecule has 1 N–H and O–H groups in total. The molecule has 90 valence electrons. The van der Waals surface area contributed by atoms with Crippen LogP contribution < -0.4 is 5.32 Å². The topological polar surface area (TPSA) is 42.2 Å². The lowest BCUT2D eigenvalue weighted by Crippen LogP contribution is -2.05. The maximum absolute atomic E-state index is 4.39. The van der Waals surface area contributed by atoms with Crippen molar-refractivity contribution >= 4 is 39.3 Å². The highest BCUT2D eigenvalue weighted by Crippen LogP contribution is 2.16. The number of nitrogens with zero attached hydrogens (tertiary/aromatic N) is 3. The normalized spacial score (nSPS) is 10.6. The van der Waals surface area contributed by atoms with Gasteiger partial charge in [0.2, 0.25) is 5.95 Å². The van der Waals surface area contributed by atoms with Crippen LogP contribution in [0.15, 0.2) is 35.5 Å². The number of rotatable bonds is 6. The number of hydrogen-bond donors (Lipinski definition) is 1. The van der Waals surface area contributed by atoms with E-state index in [9.17, 15) is 0 Å². The molecule has 0 saturated carbocycles. The summed E-state index contributed by atoms with van der Waals surface area (Å²) in [6, 6.07) is 3.88. The van der Waals surface area contributed by atoms with E-state index in [0.717, 1.165) is 28.2 Å². The molecule has 0 unspecified atom stereocenters. The zero-order valence-electron chi connectivity index (χ0n) is 9.27. The molecule has 0 amide bonds. The monoisotopic (exact) mass is 312 g/mol. The average Bonchev–Trinajstić information content (AvgIpc) is 2.73. The van der Waals surface area contributed by atoms with Gasteiger partial charge in [0.25, 0.3) is 0 Å². The van der Waals surface area contributed by atoms with Crippen molar-refractivity contribution in [1.82, 2.24) is 14.6 Å². The van der Waals surface area contributed by atoms with Crippen molar-refractivity contribution in [3.63, 3.8) is 0 Å². The van der Waals surface area contributed by atoms with Crippen LogP contribution in [0.4, 0.5) is 5.95 Å². The first-order valence-electron chi connectivity index (χ1n) is 5.24. The number of halogens is 1. The molecule has 0 saturated heterocycles. The fourth-order valence-electron chi connectivity index (χ4n) is 1.35. The summed E-state index contributed by atoms with van der Waals surface area (Å²) in [4.78, 5) is 4.39.